The van der Waals surface area contributed by atoms with E-state index in [0.29, 0.717) is 25.7 Å². The molecular formula is C12H12N2O4. The standard InChI is InChI=1S/C12H12N2O4/c15-10-3-1-2-4-11(16)14(10)8-5-6-13-9(7-8)12(17)18/h5-7H,1-4H2,(H,17,18). The van der Waals surface area contributed by atoms with E-state index in [1.165, 1.54) is 18.3 Å². The fraction of sp³-hybridized carbons (Fsp3) is 0.333. The highest BCUT2D eigenvalue weighted by Gasteiger charge is 2.26. The highest BCUT2D eigenvalue weighted by atomic mass is 16.4. The molecule has 94 valence electrons. The van der Waals surface area contributed by atoms with Crippen LogP contribution >= 0.6 is 0 Å². The van der Waals surface area contributed by atoms with Crippen LogP contribution in [0.3, 0.4) is 0 Å². The lowest BCUT2D eigenvalue weighted by molar-refractivity contribution is -0.125. The zero-order valence-electron chi connectivity index (χ0n) is 9.63. The fourth-order valence-corrected chi connectivity index (χ4v) is 1.88. The third-order valence-corrected chi connectivity index (χ3v) is 2.75. The summed E-state index contributed by atoms with van der Waals surface area (Å²) in [6.45, 7) is 0. The Bertz CT molecular complexity index is 495. The molecule has 0 saturated carbocycles. The minimum absolute atomic E-state index is 0.183. The van der Waals surface area contributed by atoms with E-state index in [1.54, 1.807) is 0 Å². The number of hydrogen-bond donors (Lipinski definition) is 1. The van der Waals surface area contributed by atoms with Crippen LogP contribution in [0.25, 0.3) is 0 Å². The van der Waals surface area contributed by atoms with Crippen molar-refractivity contribution in [1.82, 2.24) is 4.98 Å². The molecular weight excluding hydrogens is 236 g/mol. The van der Waals surface area contributed by atoms with Crippen molar-refractivity contribution in [3.63, 3.8) is 0 Å². The summed E-state index contributed by atoms with van der Waals surface area (Å²) >= 11 is 0. The van der Waals surface area contributed by atoms with Crippen LogP contribution in [0, 0.1) is 0 Å². The number of carbonyl (C=O) groups is 3. The maximum Gasteiger partial charge on any atom is 0.354 e. The summed E-state index contributed by atoms with van der Waals surface area (Å²) in [4.78, 5) is 39.2. The third kappa shape index (κ3) is 2.37. The molecule has 2 rings (SSSR count). The lowest BCUT2D eigenvalue weighted by Gasteiger charge is -2.18. The number of pyridine rings is 1. The molecule has 1 aliphatic rings. The molecule has 1 aromatic rings. The lowest BCUT2D eigenvalue weighted by atomic mass is 10.2. The second-order valence-electron chi connectivity index (χ2n) is 4.03. The van der Waals surface area contributed by atoms with Crippen LogP contribution < -0.4 is 4.90 Å². The Hall–Kier alpha value is -2.24. The van der Waals surface area contributed by atoms with Gasteiger partial charge in [-0.1, -0.05) is 0 Å². The molecule has 6 nitrogen and oxygen atoms in total. The molecule has 2 heterocycles. The zero-order chi connectivity index (χ0) is 13.1. The molecule has 0 radical (unpaired) electrons. The Morgan fingerprint density at radius 2 is 1.83 bits per heavy atom. The molecule has 0 atom stereocenters. The van der Waals surface area contributed by atoms with Gasteiger partial charge in [-0.2, -0.15) is 0 Å². The number of carboxylic acids is 1. The molecule has 18 heavy (non-hydrogen) atoms. The van der Waals surface area contributed by atoms with Gasteiger partial charge in [-0.05, 0) is 25.0 Å². The number of carbonyl (C=O) groups excluding carboxylic acids is 2. The third-order valence-electron chi connectivity index (χ3n) is 2.75. The summed E-state index contributed by atoms with van der Waals surface area (Å²) in [5, 5.41) is 8.84. The predicted octanol–water partition coefficient (Wildman–Crippen LogP) is 1.21. The number of amides is 2. The molecule has 0 bridgehead atoms. The van der Waals surface area contributed by atoms with Gasteiger partial charge in [0.15, 0.2) is 0 Å². The average Bonchev–Trinajstić information content (AvgIpc) is 2.51. The van der Waals surface area contributed by atoms with Gasteiger partial charge in [0.05, 0.1) is 5.69 Å². The monoisotopic (exact) mass is 248 g/mol. The van der Waals surface area contributed by atoms with E-state index in [4.69, 9.17) is 5.11 Å². The second-order valence-corrected chi connectivity index (χ2v) is 4.03. The van der Waals surface area contributed by atoms with Crippen molar-refractivity contribution in [1.29, 1.82) is 0 Å². The minimum Gasteiger partial charge on any atom is -0.477 e. The van der Waals surface area contributed by atoms with Gasteiger partial charge in [-0.25, -0.2) is 9.78 Å². The first-order valence-corrected chi connectivity index (χ1v) is 5.65. The first-order chi connectivity index (χ1) is 8.59. The van der Waals surface area contributed by atoms with Crippen molar-refractivity contribution in [3.05, 3.63) is 24.0 Å². The van der Waals surface area contributed by atoms with Gasteiger partial charge >= 0.3 is 5.97 Å². The zero-order valence-corrected chi connectivity index (χ0v) is 9.63. The number of anilines is 1. The van der Waals surface area contributed by atoms with E-state index in [1.807, 2.05) is 0 Å². The Morgan fingerprint density at radius 3 is 2.39 bits per heavy atom. The number of imide groups is 1. The van der Waals surface area contributed by atoms with Gasteiger partial charge in [-0.3, -0.25) is 14.5 Å². The molecule has 2 amide bonds. The van der Waals surface area contributed by atoms with E-state index < -0.39 is 5.97 Å². The lowest BCUT2D eigenvalue weighted by Crippen LogP contribution is -2.35. The average molecular weight is 248 g/mol. The van der Waals surface area contributed by atoms with Crippen LogP contribution in [0.5, 0.6) is 0 Å². The van der Waals surface area contributed by atoms with E-state index in [9.17, 15) is 14.4 Å². The van der Waals surface area contributed by atoms with E-state index >= 15 is 0 Å². The number of carboxylic acid groups (broad SMARTS) is 1. The summed E-state index contributed by atoms with van der Waals surface area (Å²) in [5.41, 5.74) is 0.0941. The van der Waals surface area contributed by atoms with Crippen molar-refractivity contribution >= 4 is 23.5 Å². The SMILES string of the molecule is O=C(O)c1cc(N2C(=O)CCCCC2=O)ccn1. The first-order valence-electron chi connectivity index (χ1n) is 5.65. The molecule has 1 fully saturated rings. The molecule has 1 aliphatic heterocycles. The van der Waals surface area contributed by atoms with Gasteiger partial charge in [-0.15, -0.1) is 0 Å². The summed E-state index contributed by atoms with van der Waals surface area (Å²) in [6.07, 6.45) is 3.24. The van der Waals surface area contributed by atoms with Crippen LogP contribution in [0.2, 0.25) is 0 Å². The van der Waals surface area contributed by atoms with Crippen molar-refractivity contribution < 1.29 is 19.5 Å². The van der Waals surface area contributed by atoms with Crippen LogP contribution in [-0.4, -0.2) is 27.9 Å². The van der Waals surface area contributed by atoms with Crippen molar-refractivity contribution in [3.8, 4) is 0 Å². The summed E-state index contributed by atoms with van der Waals surface area (Å²) in [7, 11) is 0. The summed E-state index contributed by atoms with van der Waals surface area (Å²) < 4.78 is 0. The molecule has 1 saturated heterocycles. The molecule has 6 heteroatoms. The Balaban J connectivity index is 2.39. The highest BCUT2D eigenvalue weighted by Crippen LogP contribution is 2.21. The number of rotatable bonds is 2. The van der Waals surface area contributed by atoms with E-state index in [-0.39, 0.29) is 23.2 Å². The maximum absolute atomic E-state index is 11.8. The molecule has 0 unspecified atom stereocenters. The van der Waals surface area contributed by atoms with Gasteiger partial charge < -0.3 is 5.11 Å². The molecule has 0 spiro atoms. The molecule has 0 aromatic carbocycles. The van der Waals surface area contributed by atoms with Gasteiger partial charge in [0.1, 0.15) is 5.69 Å². The number of aromatic carboxylic acids is 1. The van der Waals surface area contributed by atoms with Crippen molar-refractivity contribution in [2.24, 2.45) is 0 Å². The normalized spacial score (nSPS) is 16.6. The van der Waals surface area contributed by atoms with Gasteiger partial charge in [0.2, 0.25) is 11.8 Å². The Morgan fingerprint density at radius 1 is 1.22 bits per heavy atom. The molecule has 0 aliphatic carbocycles. The first kappa shape index (κ1) is 12.2. The van der Waals surface area contributed by atoms with Gasteiger partial charge in [0.25, 0.3) is 0 Å². The number of hydrogen-bond acceptors (Lipinski definition) is 4. The Kier molecular flexibility index (Phi) is 3.36. The largest absolute Gasteiger partial charge is 0.477 e. The smallest absolute Gasteiger partial charge is 0.354 e. The van der Waals surface area contributed by atoms with Crippen LogP contribution in [0.4, 0.5) is 5.69 Å². The molecule has 1 aromatic heterocycles. The van der Waals surface area contributed by atoms with Crippen molar-refractivity contribution in [2.75, 3.05) is 4.90 Å². The Labute approximate surface area is 103 Å². The van der Waals surface area contributed by atoms with Crippen LogP contribution in [-0.2, 0) is 9.59 Å². The van der Waals surface area contributed by atoms with E-state index in [0.717, 1.165) is 4.90 Å². The van der Waals surface area contributed by atoms with Crippen molar-refractivity contribution in [2.45, 2.75) is 25.7 Å². The second kappa shape index (κ2) is 4.95. The minimum atomic E-state index is -1.19. The van der Waals surface area contributed by atoms with E-state index in [2.05, 4.69) is 4.98 Å². The number of nitrogens with zero attached hydrogens (tertiary/aromatic N) is 2. The summed E-state index contributed by atoms with van der Waals surface area (Å²) in [6, 6.07) is 2.71. The topological polar surface area (TPSA) is 87.6 Å². The van der Waals surface area contributed by atoms with Crippen LogP contribution in [0.15, 0.2) is 18.3 Å². The number of aromatic nitrogens is 1. The van der Waals surface area contributed by atoms with Gasteiger partial charge in [0, 0.05) is 19.0 Å². The quantitative estimate of drug-likeness (QED) is 0.795. The maximum atomic E-state index is 11.8. The van der Waals surface area contributed by atoms with Crippen LogP contribution in [0.1, 0.15) is 36.2 Å². The fourth-order valence-electron chi connectivity index (χ4n) is 1.88. The summed E-state index contributed by atoms with van der Waals surface area (Å²) in [5.74, 6) is -1.77. The molecule has 1 N–H and O–H groups in total. The predicted molar refractivity (Wildman–Crippen MR) is 62.2 cm³/mol. The highest BCUT2D eigenvalue weighted by molar-refractivity contribution is 6.15.